The molecule has 0 N–H and O–H groups in total. The van der Waals surface area contributed by atoms with Crippen LogP contribution in [-0.4, -0.2) is 5.71 Å². The Morgan fingerprint density at radius 1 is 1.04 bits per heavy atom. The van der Waals surface area contributed by atoms with Crippen LogP contribution >= 0.6 is 11.8 Å². The Labute approximate surface area is 144 Å². The molecular formula is C20H16FNOS. The zero-order valence-electron chi connectivity index (χ0n) is 13.1. The van der Waals surface area contributed by atoms with Gasteiger partial charge in [-0.05, 0) is 66.9 Å². The summed E-state index contributed by atoms with van der Waals surface area (Å²) in [6.45, 7) is 2.04. The van der Waals surface area contributed by atoms with Crippen LogP contribution in [0.2, 0.25) is 0 Å². The van der Waals surface area contributed by atoms with Gasteiger partial charge in [-0.1, -0.05) is 29.5 Å². The molecule has 0 aliphatic heterocycles. The van der Waals surface area contributed by atoms with E-state index in [4.69, 9.17) is 4.42 Å². The van der Waals surface area contributed by atoms with Crippen LogP contribution < -0.4 is 0 Å². The molecule has 3 aromatic rings. The number of furan rings is 1. The van der Waals surface area contributed by atoms with E-state index in [1.807, 2.05) is 54.8 Å². The van der Waals surface area contributed by atoms with Crippen molar-refractivity contribution in [1.82, 2.24) is 0 Å². The van der Waals surface area contributed by atoms with Crippen LogP contribution in [-0.2, 0) is 0 Å². The van der Waals surface area contributed by atoms with Crippen LogP contribution in [0.4, 0.5) is 10.1 Å². The second-order valence-corrected chi connectivity index (χ2v) is 6.16. The van der Waals surface area contributed by atoms with Crippen LogP contribution in [0, 0.1) is 12.7 Å². The fraction of sp³-hybridized carbons (Fsp3) is 0.0500. The van der Waals surface area contributed by atoms with E-state index in [9.17, 15) is 4.39 Å². The smallest absolute Gasteiger partial charge is 0.152 e. The molecule has 3 rings (SSSR count). The number of nitrogens with zero attached hydrogens (tertiary/aromatic N) is 1. The summed E-state index contributed by atoms with van der Waals surface area (Å²) in [6, 6.07) is 18.1. The van der Waals surface area contributed by atoms with Crippen LogP contribution in [0.25, 0.3) is 0 Å². The van der Waals surface area contributed by atoms with Gasteiger partial charge in [0.05, 0.1) is 12.0 Å². The van der Waals surface area contributed by atoms with Crippen molar-refractivity contribution in [3.63, 3.8) is 0 Å². The maximum Gasteiger partial charge on any atom is 0.152 e. The Morgan fingerprint density at radius 3 is 2.46 bits per heavy atom. The number of halogens is 1. The zero-order valence-corrected chi connectivity index (χ0v) is 14.0. The van der Waals surface area contributed by atoms with Crippen LogP contribution in [0.3, 0.4) is 0 Å². The Balaban J connectivity index is 1.81. The lowest BCUT2D eigenvalue weighted by Gasteiger charge is -2.00. The summed E-state index contributed by atoms with van der Waals surface area (Å²) < 4.78 is 18.4. The topological polar surface area (TPSA) is 25.5 Å². The van der Waals surface area contributed by atoms with Gasteiger partial charge in [-0.3, -0.25) is 0 Å². The summed E-state index contributed by atoms with van der Waals surface area (Å²) in [5.74, 6) is 0.465. The van der Waals surface area contributed by atoms with Gasteiger partial charge < -0.3 is 4.42 Å². The minimum absolute atomic E-state index is 0.236. The fourth-order valence-corrected chi connectivity index (χ4v) is 2.69. The molecule has 0 aliphatic carbocycles. The molecule has 0 saturated heterocycles. The van der Waals surface area contributed by atoms with E-state index in [0.29, 0.717) is 5.76 Å². The van der Waals surface area contributed by atoms with Gasteiger partial charge in [0.2, 0.25) is 0 Å². The highest BCUT2D eigenvalue weighted by atomic mass is 32.2. The number of allylic oxidation sites excluding steroid dienone is 1. The van der Waals surface area contributed by atoms with Crippen molar-refractivity contribution in [1.29, 1.82) is 0 Å². The zero-order chi connectivity index (χ0) is 16.8. The van der Waals surface area contributed by atoms with Crippen molar-refractivity contribution in [2.24, 2.45) is 4.99 Å². The molecular weight excluding hydrogens is 321 g/mol. The Bertz CT molecular complexity index is 834. The lowest BCUT2D eigenvalue weighted by molar-refractivity contribution is 0.558. The predicted octanol–water partition coefficient (Wildman–Crippen LogP) is 6.15. The van der Waals surface area contributed by atoms with Gasteiger partial charge >= 0.3 is 0 Å². The van der Waals surface area contributed by atoms with E-state index in [0.717, 1.165) is 16.3 Å². The van der Waals surface area contributed by atoms with Gasteiger partial charge in [0.15, 0.2) is 5.76 Å². The predicted molar refractivity (Wildman–Crippen MR) is 97.5 cm³/mol. The standard InChI is InChI=1S/C20H16FNOS/c1-15-4-8-17(9-5-15)22-19(20-3-2-13-23-20)12-14-24-18-10-6-16(21)7-11-18/h2-14H,1H3/b14-12+,22-19-. The molecule has 24 heavy (non-hydrogen) atoms. The first-order valence-electron chi connectivity index (χ1n) is 7.49. The Morgan fingerprint density at radius 2 is 1.79 bits per heavy atom. The molecule has 0 amide bonds. The molecule has 0 aliphatic rings. The van der Waals surface area contributed by atoms with Crippen molar-refractivity contribution < 1.29 is 8.81 Å². The largest absolute Gasteiger partial charge is 0.463 e. The van der Waals surface area contributed by atoms with Gasteiger partial charge in [0, 0.05) is 4.90 Å². The van der Waals surface area contributed by atoms with Gasteiger partial charge in [-0.15, -0.1) is 0 Å². The van der Waals surface area contributed by atoms with Crippen LogP contribution in [0.1, 0.15) is 11.3 Å². The van der Waals surface area contributed by atoms with E-state index >= 15 is 0 Å². The summed E-state index contributed by atoms with van der Waals surface area (Å²) in [7, 11) is 0. The van der Waals surface area contributed by atoms with E-state index < -0.39 is 0 Å². The molecule has 0 spiro atoms. The SMILES string of the molecule is Cc1ccc(/N=C(/C=C/Sc2ccc(F)cc2)c2ccco2)cc1. The highest BCUT2D eigenvalue weighted by Crippen LogP contribution is 2.21. The first kappa shape index (κ1) is 16.3. The van der Waals surface area contributed by atoms with E-state index in [1.165, 1.54) is 29.5 Å². The third-order valence-electron chi connectivity index (χ3n) is 3.30. The fourth-order valence-electron chi connectivity index (χ4n) is 2.05. The summed E-state index contributed by atoms with van der Waals surface area (Å²) in [5.41, 5.74) is 2.79. The maximum atomic E-state index is 12.9. The monoisotopic (exact) mass is 337 g/mol. The van der Waals surface area contributed by atoms with Crippen molar-refractivity contribution >= 4 is 23.2 Å². The van der Waals surface area contributed by atoms with Gasteiger partial charge in [0.1, 0.15) is 11.5 Å². The maximum absolute atomic E-state index is 12.9. The molecule has 1 aromatic heterocycles. The number of aliphatic imine (C=N–C) groups is 1. The Kier molecular flexibility index (Phi) is 5.29. The summed E-state index contributed by atoms with van der Waals surface area (Å²) in [4.78, 5) is 5.61. The minimum atomic E-state index is -0.236. The molecule has 4 heteroatoms. The van der Waals surface area contributed by atoms with Gasteiger partial charge in [0.25, 0.3) is 0 Å². The first-order chi connectivity index (χ1) is 11.7. The minimum Gasteiger partial charge on any atom is -0.463 e. The number of thioether (sulfide) groups is 1. The first-order valence-corrected chi connectivity index (χ1v) is 8.37. The summed E-state index contributed by atoms with van der Waals surface area (Å²) in [6.07, 6.45) is 3.52. The van der Waals surface area contributed by atoms with Gasteiger partial charge in [-0.25, -0.2) is 9.38 Å². The van der Waals surface area contributed by atoms with E-state index in [1.54, 1.807) is 18.4 Å². The average molecular weight is 337 g/mol. The molecule has 1 heterocycles. The molecule has 0 atom stereocenters. The quantitative estimate of drug-likeness (QED) is 0.412. The molecule has 2 aromatic carbocycles. The molecule has 120 valence electrons. The van der Waals surface area contributed by atoms with Crippen molar-refractivity contribution in [3.8, 4) is 0 Å². The molecule has 0 saturated carbocycles. The molecule has 0 bridgehead atoms. The Hall–Kier alpha value is -2.59. The highest BCUT2D eigenvalue weighted by molar-refractivity contribution is 8.02. The van der Waals surface area contributed by atoms with Crippen molar-refractivity contribution in [2.75, 3.05) is 0 Å². The average Bonchev–Trinajstić information content (AvgIpc) is 3.12. The van der Waals surface area contributed by atoms with E-state index in [2.05, 4.69) is 4.99 Å². The number of hydrogen-bond donors (Lipinski definition) is 0. The lowest BCUT2D eigenvalue weighted by atomic mass is 10.2. The summed E-state index contributed by atoms with van der Waals surface area (Å²) in [5, 5.41) is 1.92. The number of benzene rings is 2. The second kappa shape index (κ2) is 7.79. The van der Waals surface area contributed by atoms with E-state index in [-0.39, 0.29) is 5.82 Å². The third kappa shape index (κ3) is 4.46. The molecule has 0 radical (unpaired) electrons. The molecule has 0 unspecified atom stereocenters. The highest BCUT2D eigenvalue weighted by Gasteiger charge is 2.03. The lowest BCUT2D eigenvalue weighted by Crippen LogP contribution is -1.93. The van der Waals surface area contributed by atoms with Gasteiger partial charge in [-0.2, -0.15) is 0 Å². The third-order valence-corrected chi connectivity index (χ3v) is 4.12. The van der Waals surface area contributed by atoms with Crippen LogP contribution in [0.15, 0.2) is 92.7 Å². The molecule has 0 fully saturated rings. The normalized spacial score (nSPS) is 12.0. The number of hydrogen-bond acceptors (Lipinski definition) is 3. The number of aryl methyl sites for hydroxylation is 1. The number of rotatable bonds is 5. The second-order valence-electron chi connectivity index (χ2n) is 5.18. The van der Waals surface area contributed by atoms with Crippen molar-refractivity contribution in [2.45, 2.75) is 11.8 Å². The summed E-state index contributed by atoms with van der Waals surface area (Å²) >= 11 is 1.50. The van der Waals surface area contributed by atoms with Crippen LogP contribution in [0.5, 0.6) is 0 Å². The van der Waals surface area contributed by atoms with Crippen molar-refractivity contribution in [3.05, 3.63) is 95.6 Å². The molecule has 2 nitrogen and oxygen atoms in total.